The van der Waals surface area contributed by atoms with Crippen LogP contribution >= 0.6 is 11.6 Å². The summed E-state index contributed by atoms with van der Waals surface area (Å²) in [7, 11) is 1.77. The van der Waals surface area contributed by atoms with E-state index in [9.17, 15) is 13.6 Å². The fourth-order valence-electron chi connectivity index (χ4n) is 3.75. The van der Waals surface area contributed by atoms with Crippen molar-refractivity contribution in [2.45, 2.75) is 25.4 Å². The van der Waals surface area contributed by atoms with Gasteiger partial charge in [0, 0.05) is 18.1 Å². The maximum absolute atomic E-state index is 13.4. The van der Waals surface area contributed by atoms with Crippen LogP contribution in [0.25, 0.3) is 0 Å². The SMILES string of the molecule is CN(CC(=O)NCC(c1ccccc1Cl)N1CCCC1)Cc1ccc(F)c(F)c1. The van der Waals surface area contributed by atoms with Crippen molar-refractivity contribution < 1.29 is 13.6 Å². The molecule has 1 N–H and O–H groups in total. The number of amides is 1. The monoisotopic (exact) mass is 421 g/mol. The van der Waals surface area contributed by atoms with Crippen LogP contribution in [0.3, 0.4) is 0 Å². The summed E-state index contributed by atoms with van der Waals surface area (Å²) in [5.41, 5.74) is 1.64. The Labute approximate surface area is 175 Å². The number of likely N-dealkylation sites (tertiary alicyclic amines) is 1. The molecule has 0 spiro atoms. The molecule has 3 rings (SSSR count). The van der Waals surface area contributed by atoms with Crippen LogP contribution in [0.5, 0.6) is 0 Å². The Morgan fingerprint density at radius 1 is 1.17 bits per heavy atom. The van der Waals surface area contributed by atoms with Gasteiger partial charge < -0.3 is 5.32 Å². The quantitative estimate of drug-likeness (QED) is 0.699. The second kappa shape index (κ2) is 10.1. The minimum atomic E-state index is -0.881. The summed E-state index contributed by atoms with van der Waals surface area (Å²) >= 11 is 6.41. The highest BCUT2D eigenvalue weighted by Gasteiger charge is 2.25. The molecule has 1 heterocycles. The number of carbonyl (C=O) groups excluding carboxylic acids is 1. The second-order valence-corrected chi connectivity index (χ2v) is 7.91. The van der Waals surface area contributed by atoms with Gasteiger partial charge in [-0.05, 0) is 62.3 Å². The first-order valence-electron chi connectivity index (χ1n) is 9.81. The number of nitrogens with one attached hydrogen (secondary N) is 1. The number of rotatable bonds is 8. The Hall–Kier alpha value is -2.02. The van der Waals surface area contributed by atoms with Crippen molar-refractivity contribution in [3.8, 4) is 0 Å². The topological polar surface area (TPSA) is 35.6 Å². The molecule has 29 heavy (non-hydrogen) atoms. The number of benzene rings is 2. The molecule has 1 aliphatic rings. The third-order valence-corrected chi connectivity index (χ3v) is 5.53. The van der Waals surface area contributed by atoms with Crippen molar-refractivity contribution in [3.63, 3.8) is 0 Å². The highest BCUT2D eigenvalue weighted by atomic mass is 35.5. The van der Waals surface area contributed by atoms with Crippen LogP contribution in [0.15, 0.2) is 42.5 Å². The largest absolute Gasteiger partial charge is 0.353 e. The van der Waals surface area contributed by atoms with E-state index < -0.39 is 11.6 Å². The van der Waals surface area contributed by atoms with Crippen molar-refractivity contribution in [3.05, 3.63) is 70.2 Å². The smallest absolute Gasteiger partial charge is 0.234 e. The van der Waals surface area contributed by atoms with Crippen molar-refractivity contribution in [2.75, 3.05) is 33.2 Å². The summed E-state index contributed by atoms with van der Waals surface area (Å²) in [4.78, 5) is 16.6. The molecule has 0 saturated carbocycles. The average Bonchev–Trinajstić information content (AvgIpc) is 3.20. The molecule has 1 atom stereocenters. The van der Waals surface area contributed by atoms with Gasteiger partial charge in [0.2, 0.25) is 5.91 Å². The molecule has 156 valence electrons. The van der Waals surface area contributed by atoms with Gasteiger partial charge in [-0.25, -0.2) is 8.78 Å². The van der Waals surface area contributed by atoms with Gasteiger partial charge in [-0.3, -0.25) is 14.6 Å². The van der Waals surface area contributed by atoms with Gasteiger partial charge in [-0.2, -0.15) is 0 Å². The molecule has 1 fully saturated rings. The van der Waals surface area contributed by atoms with Gasteiger partial charge in [0.15, 0.2) is 11.6 Å². The minimum Gasteiger partial charge on any atom is -0.353 e. The van der Waals surface area contributed by atoms with E-state index in [0.717, 1.165) is 43.6 Å². The summed E-state index contributed by atoms with van der Waals surface area (Å²) in [5, 5.41) is 3.71. The number of carbonyl (C=O) groups is 1. The lowest BCUT2D eigenvalue weighted by Gasteiger charge is -2.29. The zero-order valence-corrected chi connectivity index (χ0v) is 17.3. The van der Waals surface area contributed by atoms with Crippen molar-refractivity contribution in [1.82, 2.24) is 15.1 Å². The number of nitrogens with zero attached hydrogens (tertiary/aromatic N) is 2. The molecule has 4 nitrogen and oxygen atoms in total. The van der Waals surface area contributed by atoms with E-state index in [0.29, 0.717) is 23.7 Å². The molecule has 0 aliphatic carbocycles. The molecule has 0 aromatic heterocycles. The molecule has 1 saturated heterocycles. The fourth-order valence-corrected chi connectivity index (χ4v) is 4.01. The van der Waals surface area contributed by atoms with E-state index in [1.807, 2.05) is 24.3 Å². The molecule has 2 aromatic carbocycles. The van der Waals surface area contributed by atoms with Crippen LogP contribution in [-0.4, -0.2) is 48.9 Å². The lowest BCUT2D eigenvalue weighted by molar-refractivity contribution is -0.122. The number of hydrogen-bond acceptors (Lipinski definition) is 3. The van der Waals surface area contributed by atoms with Crippen LogP contribution < -0.4 is 5.32 Å². The van der Waals surface area contributed by atoms with Crippen LogP contribution in [0.1, 0.15) is 30.0 Å². The first-order valence-corrected chi connectivity index (χ1v) is 10.2. The van der Waals surface area contributed by atoms with Crippen LogP contribution in [0.2, 0.25) is 5.02 Å². The van der Waals surface area contributed by atoms with Gasteiger partial charge >= 0.3 is 0 Å². The molecule has 0 radical (unpaired) electrons. The number of hydrogen-bond donors (Lipinski definition) is 1. The Morgan fingerprint density at radius 2 is 1.90 bits per heavy atom. The zero-order chi connectivity index (χ0) is 20.8. The predicted octanol–water partition coefficient (Wildman–Crippen LogP) is 4.00. The summed E-state index contributed by atoms with van der Waals surface area (Å²) in [5.74, 6) is -1.87. The second-order valence-electron chi connectivity index (χ2n) is 7.51. The highest BCUT2D eigenvalue weighted by molar-refractivity contribution is 6.31. The van der Waals surface area contributed by atoms with Gasteiger partial charge in [0.05, 0.1) is 12.6 Å². The molecule has 1 aliphatic heterocycles. The predicted molar refractivity (Wildman–Crippen MR) is 111 cm³/mol. The van der Waals surface area contributed by atoms with Gasteiger partial charge in [0.1, 0.15) is 0 Å². The first-order chi connectivity index (χ1) is 13.9. The first kappa shape index (κ1) is 21.7. The Bertz CT molecular complexity index is 843. The minimum absolute atomic E-state index is 0.0339. The van der Waals surface area contributed by atoms with Crippen LogP contribution in [-0.2, 0) is 11.3 Å². The molecular formula is C22H26ClF2N3O. The van der Waals surface area contributed by atoms with E-state index in [2.05, 4.69) is 10.2 Å². The lowest BCUT2D eigenvalue weighted by atomic mass is 10.1. The average molecular weight is 422 g/mol. The lowest BCUT2D eigenvalue weighted by Crippen LogP contribution is -2.40. The third-order valence-electron chi connectivity index (χ3n) is 5.19. The van der Waals surface area contributed by atoms with E-state index in [1.165, 1.54) is 6.07 Å². The van der Waals surface area contributed by atoms with E-state index in [1.54, 1.807) is 11.9 Å². The number of likely N-dealkylation sites (N-methyl/N-ethyl adjacent to an activating group) is 1. The van der Waals surface area contributed by atoms with Gasteiger partial charge in [0.25, 0.3) is 0 Å². The summed E-state index contributed by atoms with van der Waals surface area (Å²) in [6, 6.07) is 11.6. The maximum atomic E-state index is 13.4. The summed E-state index contributed by atoms with van der Waals surface area (Å²) in [6.07, 6.45) is 2.29. The maximum Gasteiger partial charge on any atom is 0.234 e. The Morgan fingerprint density at radius 3 is 2.59 bits per heavy atom. The number of halogens is 3. The van der Waals surface area contributed by atoms with Crippen molar-refractivity contribution in [1.29, 1.82) is 0 Å². The zero-order valence-electron chi connectivity index (χ0n) is 16.5. The summed E-state index contributed by atoms with van der Waals surface area (Å²) in [6.45, 7) is 2.96. The van der Waals surface area contributed by atoms with Crippen LogP contribution in [0.4, 0.5) is 8.78 Å². The molecule has 2 aromatic rings. The third kappa shape index (κ3) is 5.98. The molecule has 1 unspecified atom stereocenters. The molecule has 1 amide bonds. The van der Waals surface area contributed by atoms with E-state index in [4.69, 9.17) is 11.6 Å². The van der Waals surface area contributed by atoms with Gasteiger partial charge in [-0.15, -0.1) is 0 Å². The van der Waals surface area contributed by atoms with Crippen molar-refractivity contribution in [2.24, 2.45) is 0 Å². The molecular weight excluding hydrogens is 396 g/mol. The Balaban J connectivity index is 1.56. The van der Waals surface area contributed by atoms with E-state index >= 15 is 0 Å². The van der Waals surface area contributed by atoms with Crippen molar-refractivity contribution >= 4 is 17.5 Å². The standard InChI is InChI=1S/C22H26ClF2N3O/c1-27(14-16-8-9-19(24)20(25)12-16)15-22(29)26-13-21(28-10-4-5-11-28)17-6-2-3-7-18(17)23/h2-3,6-9,12,21H,4-5,10-11,13-15H2,1H3,(H,26,29). The van der Waals surface area contributed by atoms with Crippen LogP contribution in [0, 0.1) is 11.6 Å². The summed E-state index contributed by atoms with van der Waals surface area (Å²) < 4.78 is 26.4. The molecule has 7 heteroatoms. The fraction of sp³-hybridized carbons (Fsp3) is 0.409. The highest BCUT2D eigenvalue weighted by Crippen LogP contribution is 2.29. The van der Waals surface area contributed by atoms with Gasteiger partial charge in [-0.1, -0.05) is 35.9 Å². The molecule has 0 bridgehead atoms. The Kier molecular flexibility index (Phi) is 7.58. The normalized spacial score (nSPS) is 15.6. The van der Waals surface area contributed by atoms with E-state index in [-0.39, 0.29) is 18.5 Å².